The van der Waals surface area contributed by atoms with E-state index < -0.39 is 0 Å². The van der Waals surface area contributed by atoms with Gasteiger partial charge in [0.2, 0.25) is 5.90 Å². The number of nitrogens with two attached hydrogens (primary N) is 1. The Hall–Kier alpha value is -1.46. The highest BCUT2D eigenvalue weighted by atomic mass is 19.1. The molecule has 0 saturated carbocycles. The van der Waals surface area contributed by atoms with Gasteiger partial charge in [-0.2, -0.15) is 0 Å². The summed E-state index contributed by atoms with van der Waals surface area (Å²) in [5.41, 5.74) is 6.67. The first kappa shape index (κ1) is 14.9. The van der Waals surface area contributed by atoms with Gasteiger partial charge in [-0.25, -0.2) is 9.38 Å². The van der Waals surface area contributed by atoms with Crippen molar-refractivity contribution in [3.8, 4) is 0 Å². The molecule has 2 atom stereocenters. The Balaban J connectivity index is 2.02. The number of halogens is 1. The van der Waals surface area contributed by atoms with Crippen LogP contribution in [0.5, 0.6) is 0 Å². The number of ether oxygens (including phenoxy) is 1. The highest BCUT2D eigenvalue weighted by Crippen LogP contribution is 2.20. The third-order valence-electron chi connectivity index (χ3n) is 3.56. The van der Waals surface area contributed by atoms with Crippen molar-refractivity contribution < 1.29 is 9.13 Å². The van der Waals surface area contributed by atoms with Crippen LogP contribution < -0.4 is 5.73 Å². The second-order valence-electron chi connectivity index (χ2n) is 5.41. The van der Waals surface area contributed by atoms with Gasteiger partial charge in [0.05, 0.1) is 6.04 Å². The Morgan fingerprint density at radius 3 is 2.70 bits per heavy atom. The lowest BCUT2D eigenvalue weighted by Crippen LogP contribution is -2.30. The minimum atomic E-state index is -0.255. The molecule has 0 amide bonds. The molecule has 110 valence electrons. The average molecular weight is 279 g/mol. The predicted octanol–water partition coefficient (Wildman–Crippen LogP) is 1.50. The number of rotatable bonds is 6. The fraction of sp³-hybridized carbons (Fsp3) is 0.533. The van der Waals surface area contributed by atoms with Crippen LogP contribution in [-0.4, -0.2) is 50.6 Å². The van der Waals surface area contributed by atoms with Crippen LogP contribution in [0.1, 0.15) is 12.0 Å². The van der Waals surface area contributed by atoms with E-state index in [0.29, 0.717) is 25.0 Å². The Morgan fingerprint density at radius 1 is 1.40 bits per heavy atom. The molecule has 1 aliphatic rings. The maximum atomic E-state index is 12.9. The molecule has 20 heavy (non-hydrogen) atoms. The molecule has 2 rings (SSSR count). The van der Waals surface area contributed by atoms with E-state index in [2.05, 4.69) is 9.89 Å². The summed E-state index contributed by atoms with van der Waals surface area (Å²) in [5.74, 6) is 0.656. The highest BCUT2D eigenvalue weighted by molar-refractivity contribution is 5.95. The molecule has 0 saturated heterocycles. The van der Waals surface area contributed by atoms with Crippen LogP contribution in [0.2, 0.25) is 0 Å². The maximum absolute atomic E-state index is 12.9. The Bertz CT molecular complexity index is 459. The van der Waals surface area contributed by atoms with E-state index in [1.165, 1.54) is 12.1 Å². The lowest BCUT2D eigenvalue weighted by molar-refractivity contribution is 0.258. The number of benzene rings is 1. The molecular weight excluding hydrogens is 257 g/mol. The molecule has 2 N–H and O–H groups in total. The molecule has 0 aliphatic carbocycles. The molecule has 1 aromatic rings. The molecule has 4 nitrogen and oxygen atoms in total. The van der Waals surface area contributed by atoms with Crippen molar-refractivity contribution in [1.82, 2.24) is 4.90 Å². The summed E-state index contributed by atoms with van der Waals surface area (Å²) >= 11 is 0. The second-order valence-corrected chi connectivity index (χ2v) is 5.41. The van der Waals surface area contributed by atoms with Crippen molar-refractivity contribution in [1.29, 1.82) is 0 Å². The number of aliphatic imine (C=N–C) groups is 1. The monoisotopic (exact) mass is 279 g/mol. The zero-order valence-electron chi connectivity index (χ0n) is 12.1. The van der Waals surface area contributed by atoms with Crippen LogP contribution in [0.4, 0.5) is 4.39 Å². The molecule has 5 heteroatoms. The summed E-state index contributed by atoms with van der Waals surface area (Å²) in [6, 6.07) is 6.31. The normalized spacial score (nSPS) is 19.9. The first-order valence-electron chi connectivity index (χ1n) is 6.91. The van der Waals surface area contributed by atoms with E-state index in [4.69, 9.17) is 10.5 Å². The van der Waals surface area contributed by atoms with Crippen LogP contribution in [0, 0.1) is 11.7 Å². The lowest BCUT2D eigenvalue weighted by atomic mass is 9.97. The van der Waals surface area contributed by atoms with Crippen LogP contribution in [0.15, 0.2) is 29.3 Å². The summed E-state index contributed by atoms with van der Waals surface area (Å²) in [4.78, 5) is 6.75. The minimum Gasteiger partial charge on any atom is -0.475 e. The van der Waals surface area contributed by atoms with Gasteiger partial charge in [0, 0.05) is 5.56 Å². The minimum absolute atomic E-state index is 0.0972. The summed E-state index contributed by atoms with van der Waals surface area (Å²) < 4.78 is 18.5. The van der Waals surface area contributed by atoms with Gasteiger partial charge in [0.25, 0.3) is 0 Å². The topological polar surface area (TPSA) is 50.8 Å². The molecule has 1 aromatic carbocycles. The molecule has 0 bridgehead atoms. The lowest BCUT2D eigenvalue weighted by Gasteiger charge is -2.20. The fourth-order valence-corrected chi connectivity index (χ4v) is 2.27. The van der Waals surface area contributed by atoms with Crippen LogP contribution in [-0.2, 0) is 4.74 Å². The summed E-state index contributed by atoms with van der Waals surface area (Å²) in [5, 5.41) is 0. The van der Waals surface area contributed by atoms with Gasteiger partial charge < -0.3 is 15.4 Å². The van der Waals surface area contributed by atoms with Gasteiger partial charge in [-0.3, -0.25) is 0 Å². The summed E-state index contributed by atoms with van der Waals surface area (Å²) in [6.45, 7) is 2.14. The van der Waals surface area contributed by atoms with Gasteiger partial charge in [0.15, 0.2) is 0 Å². The van der Waals surface area contributed by atoms with E-state index in [1.807, 2.05) is 14.1 Å². The zero-order valence-corrected chi connectivity index (χ0v) is 12.1. The predicted molar refractivity (Wildman–Crippen MR) is 78.4 cm³/mol. The fourth-order valence-electron chi connectivity index (χ4n) is 2.27. The molecule has 2 unspecified atom stereocenters. The van der Waals surface area contributed by atoms with Crippen molar-refractivity contribution >= 4 is 5.90 Å². The third-order valence-corrected chi connectivity index (χ3v) is 3.56. The Morgan fingerprint density at radius 2 is 2.10 bits per heavy atom. The van der Waals surface area contributed by atoms with E-state index >= 15 is 0 Å². The average Bonchev–Trinajstić information content (AvgIpc) is 2.89. The first-order chi connectivity index (χ1) is 9.60. The summed E-state index contributed by atoms with van der Waals surface area (Å²) in [7, 11) is 4.10. The van der Waals surface area contributed by atoms with Crippen LogP contribution >= 0.6 is 0 Å². The van der Waals surface area contributed by atoms with E-state index in [9.17, 15) is 4.39 Å². The number of hydrogen-bond donors (Lipinski definition) is 1. The van der Waals surface area contributed by atoms with E-state index in [0.717, 1.165) is 18.5 Å². The maximum Gasteiger partial charge on any atom is 0.216 e. The standard InChI is InChI=1S/C15H22FN3O/c1-19(2)8-7-12(9-17)14-10-20-15(18-14)11-3-5-13(16)6-4-11/h3-6,12,14H,7-10,17H2,1-2H3. The smallest absolute Gasteiger partial charge is 0.216 e. The second kappa shape index (κ2) is 6.81. The van der Waals surface area contributed by atoms with E-state index in [-0.39, 0.29) is 11.9 Å². The van der Waals surface area contributed by atoms with Gasteiger partial charge in [-0.15, -0.1) is 0 Å². The molecule has 1 heterocycles. The third kappa shape index (κ3) is 3.77. The van der Waals surface area contributed by atoms with Crippen LogP contribution in [0.3, 0.4) is 0 Å². The Kier molecular flexibility index (Phi) is 5.09. The molecule has 0 radical (unpaired) electrons. The molecule has 0 spiro atoms. The number of nitrogens with zero attached hydrogens (tertiary/aromatic N) is 2. The molecule has 1 aliphatic heterocycles. The molecule has 0 aromatic heterocycles. The quantitative estimate of drug-likeness (QED) is 0.858. The van der Waals surface area contributed by atoms with Gasteiger partial charge in [-0.05, 0) is 63.8 Å². The first-order valence-corrected chi connectivity index (χ1v) is 6.91. The zero-order chi connectivity index (χ0) is 14.5. The highest BCUT2D eigenvalue weighted by Gasteiger charge is 2.27. The molecule has 0 fully saturated rings. The molecular formula is C15H22FN3O. The van der Waals surface area contributed by atoms with E-state index in [1.54, 1.807) is 12.1 Å². The van der Waals surface area contributed by atoms with Gasteiger partial charge >= 0.3 is 0 Å². The van der Waals surface area contributed by atoms with Crippen molar-refractivity contribution in [2.45, 2.75) is 12.5 Å². The van der Waals surface area contributed by atoms with Gasteiger partial charge in [-0.1, -0.05) is 0 Å². The van der Waals surface area contributed by atoms with Crippen LogP contribution in [0.25, 0.3) is 0 Å². The van der Waals surface area contributed by atoms with Crippen molar-refractivity contribution in [3.63, 3.8) is 0 Å². The Labute approximate surface area is 119 Å². The van der Waals surface area contributed by atoms with Crippen molar-refractivity contribution in [2.24, 2.45) is 16.6 Å². The summed E-state index contributed by atoms with van der Waals surface area (Å²) in [6.07, 6.45) is 0.998. The van der Waals surface area contributed by atoms with Gasteiger partial charge in [0.1, 0.15) is 12.4 Å². The van der Waals surface area contributed by atoms with Crippen molar-refractivity contribution in [3.05, 3.63) is 35.6 Å². The van der Waals surface area contributed by atoms with Crippen molar-refractivity contribution in [2.75, 3.05) is 33.8 Å². The number of hydrogen-bond acceptors (Lipinski definition) is 4. The largest absolute Gasteiger partial charge is 0.475 e. The SMILES string of the molecule is CN(C)CCC(CN)C1COC(c2ccc(F)cc2)=N1.